The number of nitrogens with zero attached hydrogens (tertiary/aromatic N) is 1. The van der Waals surface area contributed by atoms with E-state index >= 15 is 0 Å². The van der Waals surface area contributed by atoms with E-state index in [1.54, 1.807) is 19.3 Å². The largest absolute Gasteiger partial charge is 0.355 e. The number of rotatable bonds is 3. The van der Waals surface area contributed by atoms with E-state index in [2.05, 4.69) is 30.7 Å². The van der Waals surface area contributed by atoms with Crippen molar-refractivity contribution in [3.8, 4) is 0 Å². The maximum absolute atomic E-state index is 11.2. The summed E-state index contributed by atoms with van der Waals surface area (Å²) >= 11 is 0. The minimum Gasteiger partial charge on any atom is -0.355 e. The molecule has 1 fully saturated rings. The molecule has 0 unspecified atom stereocenters. The summed E-state index contributed by atoms with van der Waals surface area (Å²) in [7, 11) is 0. The van der Waals surface area contributed by atoms with Crippen molar-refractivity contribution in [3.63, 3.8) is 0 Å². The highest BCUT2D eigenvalue weighted by Crippen LogP contribution is 2.29. The van der Waals surface area contributed by atoms with E-state index in [0.717, 1.165) is 28.8 Å². The maximum atomic E-state index is 11.2. The van der Waals surface area contributed by atoms with E-state index in [4.69, 9.17) is 0 Å². The lowest BCUT2D eigenvalue weighted by atomic mass is 9.82. The Labute approximate surface area is 139 Å². The topological polar surface area (TPSA) is 42.0 Å². The van der Waals surface area contributed by atoms with E-state index in [9.17, 15) is 4.79 Å². The summed E-state index contributed by atoms with van der Waals surface area (Å²) in [4.78, 5) is 15.1. The standard InChI is InChI=1S/C11H10N2O.C9H18/c1-7-10(8(2)11(7)14)13-9-3-5-12-6-4-9;1-8(2)9-6-4-3-5-7-9/h3-6H,1H2,2H3,(H,12,13);8-9H,3-7H2,1-2H3. The van der Waals surface area contributed by atoms with Gasteiger partial charge in [-0.25, -0.2) is 0 Å². The molecule has 1 heterocycles. The van der Waals surface area contributed by atoms with Gasteiger partial charge in [-0.2, -0.15) is 0 Å². The second-order valence-electron chi connectivity index (χ2n) is 6.81. The van der Waals surface area contributed by atoms with Crippen molar-refractivity contribution >= 4 is 11.5 Å². The van der Waals surface area contributed by atoms with Crippen LogP contribution in [0.4, 0.5) is 5.69 Å². The molecule has 0 radical (unpaired) electrons. The minimum absolute atomic E-state index is 0.0431. The highest BCUT2D eigenvalue weighted by molar-refractivity contribution is 6.19. The molecule has 23 heavy (non-hydrogen) atoms. The average molecular weight is 312 g/mol. The predicted octanol–water partition coefficient (Wildman–Crippen LogP) is 5.13. The third-order valence-corrected chi connectivity index (χ3v) is 4.83. The first-order valence-electron chi connectivity index (χ1n) is 8.62. The van der Waals surface area contributed by atoms with Gasteiger partial charge in [0.05, 0.1) is 5.70 Å². The van der Waals surface area contributed by atoms with E-state index < -0.39 is 0 Å². The molecule has 0 spiro atoms. The molecular weight excluding hydrogens is 284 g/mol. The van der Waals surface area contributed by atoms with E-state index in [-0.39, 0.29) is 5.78 Å². The van der Waals surface area contributed by atoms with Crippen LogP contribution in [0.5, 0.6) is 0 Å². The fourth-order valence-corrected chi connectivity index (χ4v) is 3.17. The highest BCUT2D eigenvalue weighted by atomic mass is 16.1. The first kappa shape index (κ1) is 17.5. The van der Waals surface area contributed by atoms with Crippen LogP contribution in [0.15, 0.2) is 47.9 Å². The van der Waals surface area contributed by atoms with Gasteiger partial charge in [0.25, 0.3) is 0 Å². The fraction of sp³-hybridized carbons (Fsp3) is 0.500. The van der Waals surface area contributed by atoms with Gasteiger partial charge in [0.2, 0.25) is 0 Å². The summed E-state index contributed by atoms with van der Waals surface area (Å²) in [6.45, 7) is 10.2. The van der Waals surface area contributed by atoms with Crippen LogP contribution in [0.1, 0.15) is 52.9 Å². The predicted molar refractivity (Wildman–Crippen MR) is 96.1 cm³/mol. The van der Waals surface area contributed by atoms with Gasteiger partial charge in [-0.1, -0.05) is 52.5 Å². The number of pyridine rings is 1. The smallest absolute Gasteiger partial charge is 0.192 e. The number of carbonyl (C=O) groups is 1. The Morgan fingerprint density at radius 1 is 1.17 bits per heavy atom. The Bertz CT molecular complexity index is 581. The summed E-state index contributed by atoms with van der Waals surface area (Å²) in [5.74, 6) is 2.03. The number of anilines is 1. The van der Waals surface area contributed by atoms with Gasteiger partial charge in [0, 0.05) is 29.2 Å². The van der Waals surface area contributed by atoms with Crippen molar-refractivity contribution in [2.45, 2.75) is 52.9 Å². The van der Waals surface area contributed by atoms with E-state index in [1.165, 1.54) is 32.1 Å². The first-order chi connectivity index (χ1) is 11.0. The normalized spacial score (nSPS) is 18.4. The lowest BCUT2D eigenvalue weighted by Crippen LogP contribution is -2.24. The van der Waals surface area contributed by atoms with Crippen molar-refractivity contribution in [1.82, 2.24) is 4.98 Å². The van der Waals surface area contributed by atoms with Crippen LogP contribution < -0.4 is 5.32 Å². The van der Waals surface area contributed by atoms with Crippen LogP contribution in [0.25, 0.3) is 0 Å². The summed E-state index contributed by atoms with van der Waals surface area (Å²) in [6.07, 6.45) is 10.9. The molecule has 0 bridgehead atoms. The van der Waals surface area contributed by atoms with Crippen LogP contribution in [-0.2, 0) is 4.79 Å². The SMILES string of the molecule is C=C1C(=O)C(C)=C1Nc1ccncc1.CC(C)C1CCCCC1. The molecule has 0 aromatic carbocycles. The number of carbonyl (C=O) groups excluding carboxylic acids is 1. The minimum atomic E-state index is 0.0431. The quantitative estimate of drug-likeness (QED) is 0.787. The molecule has 0 atom stereocenters. The van der Waals surface area contributed by atoms with Crippen molar-refractivity contribution < 1.29 is 4.79 Å². The van der Waals surface area contributed by atoms with Gasteiger partial charge in [-0.15, -0.1) is 0 Å². The van der Waals surface area contributed by atoms with Crippen molar-refractivity contribution in [1.29, 1.82) is 0 Å². The van der Waals surface area contributed by atoms with Crippen molar-refractivity contribution in [2.24, 2.45) is 11.8 Å². The molecule has 1 saturated carbocycles. The Morgan fingerprint density at radius 3 is 2.26 bits per heavy atom. The Morgan fingerprint density at radius 2 is 1.78 bits per heavy atom. The molecule has 124 valence electrons. The Hall–Kier alpha value is -1.90. The monoisotopic (exact) mass is 312 g/mol. The number of nitrogens with one attached hydrogen (secondary N) is 1. The summed E-state index contributed by atoms with van der Waals surface area (Å²) in [5.41, 5.74) is 3.05. The molecule has 2 aliphatic rings. The second kappa shape index (κ2) is 8.09. The molecule has 2 aliphatic carbocycles. The lowest BCUT2D eigenvalue weighted by molar-refractivity contribution is -0.113. The molecule has 1 aromatic heterocycles. The Balaban J connectivity index is 0.000000185. The summed E-state index contributed by atoms with van der Waals surface area (Å²) < 4.78 is 0. The Kier molecular flexibility index (Phi) is 6.14. The van der Waals surface area contributed by atoms with Crippen LogP contribution in [0.3, 0.4) is 0 Å². The summed E-state index contributed by atoms with van der Waals surface area (Å²) in [5, 5.41) is 3.13. The zero-order valence-electron chi connectivity index (χ0n) is 14.6. The first-order valence-corrected chi connectivity index (χ1v) is 8.62. The molecule has 1 N–H and O–H groups in total. The van der Waals surface area contributed by atoms with E-state index in [1.807, 2.05) is 12.1 Å². The number of aromatic nitrogens is 1. The van der Waals surface area contributed by atoms with Crippen LogP contribution >= 0.6 is 0 Å². The van der Waals surface area contributed by atoms with Gasteiger partial charge in [0.15, 0.2) is 5.78 Å². The third-order valence-electron chi connectivity index (χ3n) is 4.83. The number of allylic oxidation sites excluding steroid dienone is 2. The number of hydrogen-bond donors (Lipinski definition) is 1. The molecule has 1 aromatic rings. The molecule has 3 rings (SSSR count). The third kappa shape index (κ3) is 4.54. The van der Waals surface area contributed by atoms with Crippen LogP contribution in [0, 0.1) is 11.8 Å². The van der Waals surface area contributed by atoms with Gasteiger partial charge in [0.1, 0.15) is 0 Å². The fourth-order valence-electron chi connectivity index (χ4n) is 3.17. The zero-order chi connectivity index (χ0) is 16.8. The molecule has 0 aliphatic heterocycles. The van der Waals surface area contributed by atoms with Gasteiger partial charge in [-0.3, -0.25) is 9.78 Å². The molecule has 0 amide bonds. The maximum Gasteiger partial charge on any atom is 0.192 e. The highest BCUT2D eigenvalue weighted by Gasteiger charge is 2.28. The molecule has 3 nitrogen and oxygen atoms in total. The lowest BCUT2D eigenvalue weighted by Gasteiger charge is -2.24. The second-order valence-corrected chi connectivity index (χ2v) is 6.81. The van der Waals surface area contributed by atoms with Gasteiger partial charge >= 0.3 is 0 Å². The number of hydrogen-bond acceptors (Lipinski definition) is 3. The van der Waals surface area contributed by atoms with Crippen LogP contribution in [0.2, 0.25) is 0 Å². The van der Waals surface area contributed by atoms with Crippen molar-refractivity contribution in [3.05, 3.63) is 47.9 Å². The average Bonchev–Trinajstić information content (AvgIpc) is 2.61. The molecule has 3 heteroatoms. The van der Waals surface area contributed by atoms with Gasteiger partial charge < -0.3 is 5.32 Å². The number of Topliss-reactive ketones (excluding diaryl/α,β-unsaturated/α-hetero) is 1. The molecular formula is C20H28N2O. The van der Waals surface area contributed by atoms with Crippen molar-refractivity contribution in [2.75, 3.05) is 5.32 Å². The number of ketones is 1. The summed E-state index contributed by atoms with van der Waals surface area (Å²) in [6, 6.07) is 3.69. The van der Waals surface area contributed by atoms with Gasteiger partial charge in [-0.05, 0) is 30.9 Å². The zero-order valence-corrected chi connectivity index (χ0v) is 14.6. The molecule has 0 saturated heterocycles. The van der Waals surface area contributed by atoms with E-state index in [0.29, 0.717) is 5.57 Å². The van der Waals surface area contributed by atoms with Crippen LogP contribution in [-0.4, -0.2) is 10.8 Å².